The third-order valence-corrected chi connectivity index (χ3v) is 3.34. The van der Waals surface area contributed by atoms with Gasteiger partial charge in [-0.25, -0.2) is 0 Å². The predicted molar refractivity (Wildman–Crippen MR) is 81.9 cm³/mol. The van der Waals surface area contributed by atoms with Crippen LogP contribution in [0.15, 0.2) is 28.7 Å². The van der Waals surface area contributed by atoms with Crippen LogP contribution in [0.25, 0.3) is 0 Å². The molecule has 0 aliphatic carbocycles. The molecule has 1 N–H and O–H groups in total. The van der Waals surface area contributed by atoms with Crippen molar-refractivity contribution in [2.75, 3.05) is 24.3 Å². The summed E-state index contributed by atoms with van der Waals surface area (Å²) in [6.07, 6.45) is -4.48. The van der Waals surface area contributed by atoms with Crippen molar-refractivity contribution in [2.24, 2.45) is 0 Å². The van der Waals surface area contributed by atoms with Gasteiger partial charge in [0.15, 0.2) is 0 Å². The Morgan fingerprint density at radius 1 is 1.17 bits per heavy atom. The van der Waals surface area contributed by atoms with Gasteiger partial charge in [0, 0.05) is 14.1 Å². The number of amides is 1. The first-order valence-corrected chi connectivity index (χ1v) is 6.86. The number of nitrogens with one attached hydrogen (secondary N) is 1. The van der Waals surface area contributed by atoms with E-state index in [4.69, 9.17) is 4.42 Å². The first kappa shape index (κ1) is 16.9. The fourth-order valence-corrected chi connectivity index (χ4v) is 2.25. The summed E-state index contributed by atoms with van der Waals surface area (Å²) in [6, 6.07) is 4.78. The molecule has 2 aromatic rings. The molecule has 0 aliphatic heterocycles. The molecule has 0 atom stereocenters. The van der Waals surface area contributed by atoms with Crippen LogP contribution in [-0.4, -0.2) is 20.0 Å². The Kier molecular flexibility index (Phi) is 4.40. The number of carbonyl (C=O) groups is 1. The molecule has 1 amide bonds. The van der Waals surface area contributed by atoms with E-state index in [1.165, 1.54) is 6.07 Å². The van der Waals surface area contributed by atoms with Crippen molar-refractivity contribution in [3.8, 4) is 0 Å². The van der Waals surface area contributed by atoms with Crippen LogP contribution in [0.1, 0.15) is 27.4 Å². The summed E-state index contributed by atoms with van der Waals surface area (Å²) >= 11 is 0. The fourth-order valence-electron chi connectivity index (χ4n) is 2.25. The molecular formula is C16H17F3N2O2. The van der Waals surface area contributed by atoms with Crippen molar-refractivity contribution in [2.45, 2.75) is 20.0 Å². The van der Waals surface area contributed by atoms with Gasteiger partial charge in [0.2, 0.25) is 0 Å². The maximum atomic E-state index is 12.9. The van der Waals surface area contributed by atoms with E-state index in [0.29, 0.717) is 22.8 Å². The quantitative estimate of drug-likeness (QED) is 0.918. The van der Waals surface area contributed by atoms with E-state index in [1.807, 2.05) is 0 Å². The van der Waals surface area contributed by atoms with Crippen LogP contribution in [0.5, 0.6) is 0 Å². The molecular weight excluding hydrogens is 309 g/mol. The van der Waals surface area contributed by atoms with E-state index < -0.39 is 17.6 Å². The Balaban J connectivity index is 2.40. The lowest BCUT2D eigenvalue weighted by Gasteiger charge is -2.19. The number of nitrogens with zero attached hydrogens (tertiary/aromatic N) is 1. The topological polar surface area (TPSA) is 45.5 Å². The maximum Gasteiger partial charge on any atom is 0.416 e. The first-order chi connectivity index (χ1) is 10.6. The van der Waals surface area contributed by atoms with Crippen molar-refractivity contribution >= 4 is 17.3 Å². The summed E-state index contributed by atoms with van der Waals surface area (Å²) in [5.74, 6) is 0.463. The first-order valence-electron chi connectivity index (χ1n) is 6.86. The van der Waals surface area contributed by atoms with E-state index in [0.717, 1.165) is 12.1 Å². The number of rotatable bonds is 3. The molecule has 0 aliphatic rings. The SMILES string of the molecule is Cc1cc(C(=O)Nc2cc(C(F)(F)F)ccc2N(C)C)c(C)o1. The molecule has 0 bridgehead atoms. The van der Waals surface area contributed by atoms with Crippen LogP contribution in [0.3, 0.4) is 0 Å². The minimum absolute atomic E-state index is 0.0908. The highest BCUT2D eigenvalue weighted by molar-refractivity contribution is 6.06. The Hall–Kier alpha value is -2.44. The molecule has 0 radical (unpaired) electrons. The Bertz CT molecular complexity index is 733. The van der Waals surface area contributed by atoms with Crippen LogP contribution in [0, 0.1) is 13.8 Å². The number of carbonyl (C=O) groups excluding carboxylic acids is 1. The maximum absolute atomic E-state index is 12.9. The van der Waals surface area contributed by atoms with Gasteiger partial charge in [-0.15, -0.1) is 0 Å². The Morgan fingerprint density at radius 3 is 2.30 bits per heavy atom. The minimum atomic E-state index is -4.48. The zero-order chi connectivity index (χ0) is 17.4. The van der Waals surface area contributed by atoms with Gasteiger partial charge in [0.1, 0.15) is 11.5 Å². The zero-order valence-corrected chi connectivity index (χ0v) is 13.2. The third-order valence-electron chi connectivity index (χ3n) is 3.34. The lowest BCUT2D eigenvalue weighted by molar-refractivity contribution is -0.137. The smallest absolute Gasteiger partial charge is 0.416 e. The van der Waals surface area contributed by atoms with Crippen molar-refractivity contribution in [1.29, 1.82) is 0 Å². The molecule has 0 spiro atoms. The van der Waals surface area contributed by atoms with Crippen LogP contribution in [0.2, 0.25) is 0 Å². The summed E-state index contributed by atoms with van der Waals surface area (Å²) in [5.41, 5.74) is 0.0420. The molecule has 1 aromatic heterocycles. The highest BCUT2D eigenvalue weighted by Gasteiger charge is 2.31. The van der Waals surface area contributed by atoms with E-state index in [-0.39, 0.29) is 5.69 Å². The van der Waals surface area contributed by atoms with Gasteiger partial charge in [-0.1, -0.05) is 0 Å². The normalized spacial score (nSPS) is 11.4. The lowest BCUT2D eigenvalue weighted by atomic mass is 10.1. The molecule has 23 heavy (non-hydrogen) atoms. The van der Waals surface area contributed by atoms with Crippen molar-refractivity contribution in [3.05, 3.63) is 46.9 Å². The average molecular weight is 326 g/mol. The van der Waals surface area contributed by atoms with Gasteiger partial charge in [-0.05, 0) is 38.1 Å². The molecule has 0 saturated heterocycles. The molecule has 7 heteroatoms. The molecule has 1 aromatic carbocycles. The number of halogens is 3. The molecule has 0 saturated carbocycles. The summed E-state index contributed by atoms with van der Waals surface area (Å²) in [7, 11) is 3.37. The number of hydrogen-bond acceptors (Lipinski definition) is 3. The molecule has 0 fully saturated rings. The molecule has 4 nitrogen and oxygen atoms in total. The van der Waals surface area contributed by atoms with Gasteiger partial charge >= 0.3 is 6.18 Å². The Morgan fingerprint density at radius 2 is 1.83 bits per heavy atom. The third kappa shape index (κ3) is 3.67. The van der Waals surface area contributed by atoms with Gasteiger partial charge in [0.25, 0.3) is 5.91 Å². The Labute approximate surface area is 131 Å². The van der Waals surface area contributed by atoms with Crippen molar-refractivity contribution in [1.82, 2.24) is 0 Å². The van der Waals surface area contributed by atoms with E-state index >= 15 is 0 Å². The second-order valence-electron chi connectivity index (χ2n) is 5.41. The number of anilines is 2. The van der Waals surface area contributed by atoms with Crippen molar-refractivity contribution < 1.29 is 22.4 Å². The molecule has 0 unspecified atom stereocenters. The number of aryl methyl sites for hydroxylation is 2. The fraction of sp³-hybridized carbons (Fsp3) is 0.312. The summed E-state index contributed by atoms with van der Waals surface area (Å²) in [6.45, 7) is 3.32. The molecule has 124 valence electrons. The predicted octanol–water partition coefficient (Wildman–Crippen LogP) is 4.23. The number of furan rings is 1. The number of benzene rings is 1. The standard InChI is InChI=1S/C16H17F3N2O2/c1-9-7-12(10(2)23-9)15(22)20-13-8-11(16(17,18)19)5-6-14(13)21(3)4/h5-8H,1-4H3,(H,20,22). The molecule has 2 rings (SSSR count). The summed E-state index contributed by atoms with van der Waals surface area (Å²) < 4.78 is 43.9. The minimum Gasteiger partial charge on any atom is -0.466 e. The van der Waals surface area contributed by atoms with Crippen molar-refractivity contribution in [3.63, 3.8) is 0 Å². The average Bonchev–Trinajstić information content (AvgIpc) is 2.76. The van der Waals surface area contributed by atoms with E-state index in [2.05, 4.69) is 5.32 Å². The monoisotopic (exact) mass is 326 g/mol. The van der Waals surface area contributed by atoms with Gasteiger partial charge in [-0.2, -0.15) is 13.2 Å². The largest absolute Gasteiger partial charge is 0.466 e. The van der Waals surface area contributed by atoms with Gasteiger partial charge in [0.05, 0.1) is 22.5 Å². The van der Waals surface area contributed by atoms with Crippen LogP contribution in [0.4, 0.5) is 24.5 Å². The van der Waals surface area contributed by atoms with Crippen LogP contribution >= 0.6 is 0 Å². The second-order valence-corrected chi connectivity index (χ2v) is 5.41. The summed E-state index contributed by atoms with van der Waals surface area (Å²) in [5, 5.41) is 2.53. The second kappa shape index (κ2) is 5.98. The van der Waals surface area contributed by atoms with Gasteiger partial charge in [-0.3, -0.25) is 4.79 Å². The van der Waals surface area contributed by atoms with E-state index in [1.54, 1.807) is 38.9 Å². The van der Waals surface area contributed by atoms with E-state index in [9.17, 15) is 18.0 Å². The van der Waals surface area contributed by atoms with Crippen LogP contribution < -0.4 is 10.2 Å². The lowest BCUT2D eigenvalue weighted by Crippen LogP contribution is -2.18. The highest BCUT2D eigenvalue weighted by Crippen LogP contribution is 2.35. The van der Waals surface area contributed by atoms with Gasteiger partial charge < -0.3 is 14.6 Å². The van der Waals surface area contributed by atoms with Crippen LogP contribution in [-0.2, 0) is 6.18 Å². The molecule has 1 heterocycles. The highest BCUT2D eigenvalue weighted by atomic mass is 19.4. The zero-order valence-electron chi connectivity index (χ0n) is 13.2. The summed E-state index contributed by atoms with van der Waals surface area (Å²) in [4.78, 5) is 13.9. The number of hydrogen-bond donors (Lipinski definition) is 1. The number of alkyl halides is 3.